The molecule has 0 saturated heterocycles. The highest BCUT2D eigenvalue weighted by atomic mass is 16.3. The van der Waals surface area contributed by atoms with Crippen LogP contribution in [0.3, 0.4) is 0 Å². The summed E-state index contributed by atoms with van der Waals surface area (Å²) in [5, 5.41) is 13.7. The molecule has 1 aromatic rings. The van der Waals surface area contributed by atoms with Gasteiger partial charge in [-0.05, 0) is 37.8 Å². The van der Waals surface area contributed by atoms with Crippen molar-refractivity contribution in [3.8, 4) is 0 Å². The van der Waals surface area contributed by atoms with E-state index in [0.29, 0.717) is 18.0 Å². The van der Waals surface area contributed by atoms with Gasteiger partial charge >= 0.3 is 0 Å². The molecule has 0 aromatic heterocycles. The maximum Gasteiger partial charge on any atom is 0.179 e. The second-order valence-corrected chi connectivity index (χ2v) is 7.13. The molecule has 0 saturated carbocycles. The van der Waals surface area contributed by atoms with E-state index < -0.39 is 12.0 Å². The molecule has 0 spiro atoms. The zero-order chi connectivity index (χ0) is 18.0. The van der Waals surface area contributed by atoms with Crippen molar-refractivity contribution >= 4 is 11.6 Å². The Morgan fingerprint density at radius 2 is 2.00 bits per heavy atom. The van der Waals surface area contributed by atoms with E-state index in [-0.39, 0.29) is 24.0 Å². The number of carbonyl (C=O) groups is 2. The number of allylic oxidation sites excluding steroid dienone is 1. The van der Waals surface area contributed by atoms with E-state index in [4.69, 9.17) is 0 Å². The van der Waals surface area contributed by atoms with Crippen molar-refractivity contribution < 1.29 is 14.7 Å². The molecule has 1 heterocycles. The van der Waals surface area contributed by atoms with E-state index >= 15 is 0 Å². The van der Waals surface area contributed by atoms with Crippen molar-refractivity contribution in [2.24, 2.45) is 11.8 Å². The Bertz CT molecular complexity index is 720. The van der Waals surface area contributed by atoms with Crippen LogP contribution in [0.4, 0.5) is 0 Å². The number of nitrogens with one attached hydrogen (secondary N) is 1. The van der Waals surface area contributed by atoms with E-state index in [2.05, 4.69) is 17.5 Å². The zero-order valence-electron chi connectivity index (χ0n) is 14.7. The first-order valence-electron chi connectivity index (χ1n) is 8.87. The predicted molar refractivity (Wildman–Crippen MR) is 96.8 cm³/mol. The molecule has 0 amide bonds. The van der Waals surface area contributed by atoms with Crippen LogP contribution in [0.25, 0.3) is 0 Å². The molecular weight excluding hydrogens is 314 g/mol. The van der Waals surface area contributed by atoms with E-state index in [1.54, 1.807) is 0 Å². The maximum absolute atomic E-state index is 12.8. The summed E-state index contributed by atoms with van der Waals surface area (Å²) in [6.45, 7) is 3.37. The van der Waals surface area contributed by atoms with Gasteiger partial charge in [0.25, 0.3) is 0 Å². The van der Waals surface area contributed by atoms with Crippen LogP contribution in [0.2, 0.25) is 0 Å². The Kier molecular flexibility index (Phi) is 5.19. The Labute approximate surface area is 148 Å². The molecule has 2 N–H and O–H groups in total. The van der Waals surface area contributed by atoms with Gasteiger partial charge in [-0.25, -0.2) is 0 Å². The first kappa shape index (κ1) is 17.6. The summed E-state index contributed by atoms with van der Waals surface area (Å²) >= 11 is 0. The number of aliphatic hydroxyl groups excluding tert-OH is 1. The molecule has 0 bridgehead atoms. The Hall–Kier alpha value is -2.20. The molecule has 1 aliphatic heterocycles. The smallest absolute Gasteiger partial charge is 0.179 e. The third-order valence-corrected chi connectivity index (χ3v) is 5.32. The van der Waals surface area contributed by atoms with E-state index in [0.717, 1.165) is 17.6 Å². The number of ketones is 2. The van der Waals surface area contributed by atoms with E-state index in [9.17, 15) is 14.7 Å². The summed E-state index contributed by atoms with van der Waals surface area (Å²) in [6, 6.07) is 9.97. The van der Waals surface area contributed by atoms with Crippen molar-refractivity contribution in [2.75, 3.05) is 0 Å². The van der Waals surface area contributed by atoms with Gasteiger partial charge < -0.3 is 10.4 Å². The lowest BCUT2D eigenvalue weighted by Crippen LogP contribution is -2.33. The monoisotopic (exact) mass is 339 g/mol. The molecule has 1 aliphatic carbocycles. The van der Waals surface area contributed by atoms with Gasteiger partial charge in [0.15, 0.2) is 11.6 Å². The standard InChI is InChI=1S/C21H25NO3/c1-13-17-9-6-10-18(17)22-20(13)19(24)12-16(21(25)14(2)23)11-15-7-4-3-5-8-15/h3-9,16-18,21-22,25H,10-12H2,1-2H3. The van der Waals surface area contributed by atoms with Gasteiger partial charge in [0.1, 0.15) is 6.10 Å². The molecule has 4 atom stereocenters. The highest BCUT2D eigenvalue weighted by molar-refractivity contribution is 5.97. The number of Topliss-reactive ketones (excluding diaryl/α,β-unsaturated/α-hetero) is 2. The van der Waals surface area contributed by atoms with Gasteiger partial charge in [-0.1, -0.05) is 42.5 Å². The highest BCUT2D eigenvalue weighted by Crippen LogP contribution is 2.34. The van der Waals surface area contributed by atoms with Gasteiger partial charge in [-0.15, -0.1) is 0 Å². The maximum atomic E-state index is 12.8. The van der Waals surface area contributed by atoms with Crippen LogP contribution in [0.15, 0.2) is 53.8 Å². The van der Waals surface area contributed by atoms with Crippen molar-refractivity contribution in [1.29, 1.82) is 0 Å². The lowest BCUT2D eigenvalue weighted by atomic mass is 9.86. The number of benzene rings is 1. The van der Waals surface area contributed by atoms with Crippen LogP contribution < -0.4 is 5.32 Å². The lowest BCUT2D eigenvalue weighted by molar-refractivity contribution is -0.128. The first-order valence-corrected chi connectivity index (χ1v) is 8.87. The molecule has 4 unspecified atom stereocenters. The second kappa shape index (κ2) is 7.36. The summed E-state index contributed by atoms with van der Waals surface area (Å²) in [6.07, 6.45) is 4.78. The molecule has 4 heteroatoms. The minimum Gasteiger partial charge on any atom is -0.385 e. The zero-order valence-corrected chi connectivity index (χ0v) is 14.7. The summed E-state index contributed by atoms with van der Waals surface area (Å²) in [7, 11) is 0. The van der Waals surface area contributed by atoms with Crippen LogP contribution in [-0.2, 0) is 16.0 Å². The molecule has 0 fully saturated rings. The molecular formula is C21H25NO3. The summed E-state index contributed by atoms with van der Waals surface area (Å²) in [5.41, 5.74) is 2.76. The molecule has 132 valence electrons. The van der Waals surface area contributed by atoms with Gasteiger partial charge in [-0.3, -0.25) is 9.59 Å². The first-order chi connectivity index (χ1) is 12.0. The SMILES string of the molecule is CC(=O)C(O)C(CC(=O)C1=C(C)C2C=CCC2N1)Cc1ccccc1. The van der Waals surface area contributed by atoms with Crippen molar-refractivity contribution in [2.45, 2.75) is 45.3 Å². The van der Waals surface area contributed by atoms with Gasteiger partial charge in [0.05, 0.1) is 5.70 Å². The van der Waals surface area contributed by atoms with Crippen molar-refractivity contribution in [3.63, 3.8) is 0 Å². The van der Waals surface area contributed by atoms with Crippen LogP contribution in [-0.4, -0.2) is 28.8 Å². The minimum atomic E-state index is -1.12. The third-order valence-electron chi connectivity index (χ3n) is 5.32. The summed E-state index contributed by atoms with van der Waals surface area (Å²) in [4.78, 5) is 24.6. The number of fused-ring (bicyclic) bond motifs is 1. The molecule has 0 radical (unpaired) electrons. The van der Waals surface area contributed by atoms with Crippen LogP contribution in [0, 0.1) is 11.8 Å². The topological polar surface area (TPSA) is 66.4 Å². The fourth-order valence-electron chi connectivity index (χ4n) is 3.90. The lowest BCUT2D eigenvalue weighted by Gasteiger charge is -2.21. The molecule has 1 aromatic carbocycles. The minimum absolute atomic E-state index is 0.0125. The largest absolute Gasteiger partial charge is 0.385 e. The Morgan fingerprint density at radius 3 is 2.64 bits per heavy atom. The fraction of sp³-hybridized carbons (Fsp3) is 0.429. The van der Waals surface area contributed by atoms with Crippen LogP contribution in [0.5, 0.6) is 0 Å². The average molecular weight is 339 g/mol. The van der Waals surface area contributed by atoms with Crippen LogP contribution in [0.1, 0.15) is 32.3 Å². The number of hydrogen-bond donors (Lipinski definition) is 2. The fourth-order valence-corrected chi connectivity index (χ4v) is 3.90. The van der Waals surface area contributed by atoms with Crippen molar-refractivity contribution in [1.82, 2.24) is 5.32 Å². The number of aliphatic hydroxyl groups is 1. The quantitative estimate of drug-likeness (QED) is 0.750. The van der Waals surface area contributed by atoms with Gasteiger partial charge in [0, 0.05) is 24.3 Å². The molecule has 3 rings (SSSR count). The second-order valence-electron chi connectivity index (χ2n) is 7.13. The predicted octanol–water partition coefficient (Wildman–Crippen LogP) is 2.58. The van der Waals surface area contributed by atoms with Crippen molar-refractivity contribution in [3.05, 3.63) is 59.3 Å². The van der Waals surface area contributed by atoms with Gasteiger partial charge in [-0.2, -0.15) is 0 Å². The molecule has 25 heavy (non-hydrogen) atoms. The highest BCUT2D eigenvalue weighted by Gasteiger charge is 2.36. The van der Waals surface area contributed by atoms with Gasteiger partial charge in [0.2, 0.25) is 0 Å². The summed E-state index contributed by atoms with van der Waals surface area (Å²) < 4.78 is 0. The normalized spacial score (nSPS) is 24.0. The Balaban J connectivity index is 1.75. The number of carbonyl (C=O) groups excluding carboxylic acids is 2. The average Bonchev–Trinajstić information content (AvgIpc) is 3.17. The Morgan fingerprint density at radius 1 is 1.28 bits per heavy atom. The van der Waals surface area contributed by atoms with E-state index in [1.807, 2.05) is 37.3 Å². The molecule has 2 aliphatic rings. The third kappa shape index (κ3) is 3.74. The number of hydrogen-bond acceptors (Lipinski definition) is 4. The summed E-state index contributed by atoms with van der Waals surface area (Å²) in [5.74, 6) is -0.421. The number of rotatable bonds is 7. The van der Waals surface area contributed by atoms with E-state index in [1.165, 1.54) is 6.92 Å². The van der Waals surface area contributed by atoms with Crippen LogP contribution >= 0.6 is 0 Å². The molecule has 4 nitrogen and oxygen atoms in total.